The molecule has 1 atom stereocenters. The van der Waals surface area contributed by atoms with Crippen molar-refractivity contribution in [2.24, 2.45) is 11.3 Å². The van der Waals surface area contributed by atoms with Gasteiger partial charge in [0.05, 0.1) is 6.42 Å². The number of halogens is 3. The fraction of sp³-hybridized carbons (Fsp3) is 0.516. The Morgan fingerprint density at radius 1 is 1.00 bits per heavy atom. The van der Waals surface area contributed by atoms with E-state index in [4.69, 9.17) is 5.11 Å². The fourth-order valence-electron chi connectivity index (χ4n) is 5.16. The molecule has 0 spiro atoms. The number of anilines is 1. The van der Waals surface area contributed by atoms with E-state index in [0.29, 0.717) is 36.7 Å². The minimum atomic E-state index is -4.85. The highest BCUT2D eigenvalue weighted by molar-refractivity contribution is 5.94. The summed E-state index contributed by atoms with van der Waals surface area (Å²) in [5, 5.41) is 11.3. The molecule has 2 aromatic rings. The molecule has 11 heteroatoms. The molecular formula is C31H40F3N3O5. The van der Waals surface area contributed by atoms with Gasteiger partial charge in [-0.15, -0.1) is 13.2 Å². The van der Waals surface area contributed by atoms with Gasteiger partial charge >= 0.3 is 18.4 Å². The molecule has 0 radical (unpaired) electrons. The van der Waals surface area contributed by atoms with Crippen molar-refractivity contribution >= 4 is 23.6 Å². The van der Waals surface area contributed by atoms with Gasteiger partial charge in [-0.2, -0.15) is 0 Å². The first-order valence-corrected chi connectivity index (χ1v) is 14.2. The Morgan fingerprint density at radius 3 is 2.33 bits per heavy atom. The molecule has 2 aromatic carbocycles. The van der Waals surface area contributed by atoms with Gasteiger partial charge in [-0.1, -0.05) is 45.4 Å². The zero-order valence-electron chi connectivity index (χ0n) is 24.4. The van der Waals surface area contributed by atoms with Crippen molar-refractivity contribution in [3.8, 4) is 5.75 Å². The van der Waals surface area contributed by atoms with E-state index < -0.39 is 24.0 Å². The summed E-state index contributed by atoms with van der Waals surface area (Å²) in [5.74, 6) is -1.33. The van der Waals surface area contributed by atoms with Crippen LogP contribution in [0.15, 0.2) is 48.5 Å². The normalized spacial score (nSPS) is 17.4. The number of carboxylic acid groups (broad SMARTS) is 1. The molecule has 1 saturated heterocycles. The van der Waals surface area contributed by atoms with E-state index in [-0.39, 0.29) is 31.0 Å². The van der Waals surface area contributed by atoms with Crippen LogP contribution in [0, 0.1) is 11.3 Å². The number of alkyl halides is 3. The van der Waals surface area contributed by atoms with Gasteiger partial charge < -0.3 is 20.1 Å². The summed E-state index contributed by atoms with van der Waals surface area (Å²) in [4.78, 5) is 40.2. The van der Waals surface area contributed by atoms with Gasteiger partial charge in [0.1, 0.15) is 5.75 Å². The topological polar surface area (TPSA) is 99.2 Å². The number of urea groups is 1. The standard InChI is InChI=1S/C31H40F3N3O5/c1-30(2,3)24-8-4-5-19-37(25-10-6-11-26(20-25)42-31(32,33)34)29(41)36(18-7-9-24)21-22-12-14-23(15-13-22)28(40)35-17-16-27(38)39/h6,10-15,20,24H,4-5,7-9,16-19,21H2,1-3H3,(H,35,40)(H,38,39). The van der Waals surface area contributed by atoms with Crippen molar-refractivity contribution in [3.05, 3.63) is 59.7 Å². The third-order valence-electron chi connectivity index (χ3n) is 7.47. The van der Waals surface area contributed by atoms with Crippen molar-refractivity contribution in [2.45, 2.75) is 72.2 Å². The Hall–Kier alpha value is -3.76. The average Bonchev–Trinajstić information content (AvgIpc) is 2.92. The van der Waals surface area contributed by atoms with Crippen LogP contribution in [-0.4, -0.2) is 53.9 Å². The fourth-order valence-corrected chi connectivity index (χ4v) is 5.16. The molecule has 230 valence electrons. The highest BCUT2D eigenvalue weighted by Gasteiger charge is 2.32. The number of benzene rings is 2. The number of rotatable bonds is 8. The summed E-state index contributed by atoms with van der Waals surface area (Å²) >= 11 is 0. The molecule has 0 aliphatic carbocycles. The molecule has 1 aliphatic rings. The monoisotopic (exact) mass is 591 g/mol. The molecule has 3 amide bonds. The lowest BCUT2D eigenvalue weighted by Gasteiger charge is -2.32. The maximum absolute atomic E-state index is 14.0. The van der Waals surface area contributed by atoms with Crippen LogP contribution >= 0.6 is 0 Å². The van der Waals surface area contributed by atoms with Crippen LogP contribution in [-0.2, 0) is 11.3 Å². The number of nitrogens with one attached hydrogen (secondary N) is 1. The average molecular weight is 592 g/mol. The number of aliphatic carboxylic acids is 1. The minimum Gasteiger partial charge on any atom is -0.481 e. The van der Waals surface area contributed by atoms with Gasteiger partial charge in [0, 0.05) is 43.5 Å². The lowest BCUT2D eigenvalue weighted by molar-refractivity contribution is -0.274. The van der Waals surface area contributed by atoms with Crippen LogP contribution < -0.4 is 15.0 Å². The van der Waals surface area contributed by atoms with Crippen LogP contribution in [0.4, 0.5) is 23.7 Å². The van der Waals surface area contributed by atoms with Crippen LogP contribution in [0.1, 0.15) is 75.2 Å². The first kappa shape index (κ1) is 32.8. The SMILES string of the molecule is CC(C)(C)C1CCCCN(c2cccc(OC(F)(F)F)c2)C(=O)N(Cc2ccc(C(=O)NCCC(=O)O)cc2)CCC1. The van der Waals surface area contributed by atoms with Crippen molar-refractivity contribution in [1.82, 2.24) is 10.2 Å². The zero-order chi connectivity index (χ0) is 30.9. The number of amides is 3. The second kappa shape index (κ2) is 14.4. The number of hydrogen-bond donors (Lipinski definition) is 2. The van der Waals surface area contributed by atoms with Gasteiger partial charge in [0.25, 0.3) is 5.91 Å². The van der Waals surface area contributed by atoms with Crippen molar-refractivity contribution in [3.63, 3.8) is 0 Å². The van der Waals surface area contributed by atoms with Crippen LogP contribution in [0.25, 0.3) is 0 Å². The zero-order valence-corrected chi connectivity index (χ0v) is 24.4. The van der Waals surface area contributed by atoms with Gasteiger partial charge in [0.2, 0.25) is 0 Å². The van der Waals surface area contributed by atoms with Gasteiger partial charge in [-0.25, -0.2) is 4.79 Å². The van der Waals surface area contributed by atoms with E-state index in [1.807, 2.05) is 0 Å². The van der Waals surface area contributed by atoms with Crippen LogP contribution in [0.3, 0.4) is 0 Å². The number of hydrogen-bond acceptors (Lipinski definition) is 4. The summed E-state index contributed by atoms with van der Waals surface area (Å²) < 4.78 is 42.8. The van der Waals surface area contributed by atoms with Crippen LogP contribution in [0.2, 0.25) is 0 Å². The van der Waals surface area contributed by atoms with Crippen molar-refractivity contribution in [2.75, 3.05) is 24.5 Å². The molecule has 0 saturated carbocycles. The van der Waals surface area contributed by atoms with E-state index in [0.717, 1.165) is 31.2 Å². The lowest BCUT2D eigenvalue weighted by atomic mass is 9.75. The van der Waals surface area contributed by atoms with E-state index in [1.54, 1.807) is 35.2 Å². The smallest absolute Gasteiger partial charge is 0.481 e. The van der Waals surface area contributed by atoms with Gasteiger partial charge in [-0.3, -0.25) is 14.5 Å². The molecule has 0 aromatic heterocycles. The number of carboxylic acids is 1. The summed E-state index contributed by atoms with van der Waals surface area (Å²) in [6, 6.07) is 11.9. The molecule has 1 heterocycles. The predicted octanol–water partition coefficient (Wildman–Crippen LogP) is 6.84. The molecule has 0 bridgehead atoms. The highest BCUT2D eigenvalue weighted by Crippen LogP contribution is 2.35. The second-order valence-electron chi connectivity index (χ2n) is 11.7. The molecule has 8 nitrogen and oxygen atoms in total. The maximum Gasteiger partial charge on any atom is 0.573 e. The van der Waals surface area contributed by atoms with Gasteiger partial charge in [-0.05, 0) is 66.8 Å². The predicted molar refractivity (Wildman–Crippen MR) is 153 cm³/mol. The molecule has 3 rings (SSSR count). The Bertz CT molecular complexity index is 1210. The molecule has 1 unspecified atom stereocenters. The Labute approximate surface area is 244 Å². The molecule has 2 N–H and O–H groups in total. The van der Waals surface area contributed by atoms with E-state index in [9.17, 15) is 27.6 Å². The quantitative estimate of drug-likeness (QED) is 0.350. The Balaban J connectivity index is 1.84. The lowest BCUT2D eigenvalue weighted by Crippen LogP contribution is -2.44. The first-order chi connectivity index (χ1) is 19.7. The van der Waals surface area contributed by atoms with E-state index in [1.165, 1.54) is 23.1 Å². The third kappa shape index (κ3) is 10.3. The molecule has 42 heavy (non-hydrogen) atoms. The number of carbonyl (C=O) groups is 3. The minimum absolute atomic E-state index is 0.0127. The van der Waals surface area contributed by atoms with Gasteiger partial charge in [0.15, 0.2) is 0 Å². The van der Waals surface area contributed by atoms with Crippen LogP contribution in [0.5, 0.6) is 5.75 Å². The largest absolute Gasteiger partial charge is 0.573 e. The number of ether oxygens (including phenoxy) is 1. The second-order valence-corrected chi connectivity index (χ2v) is 11.7. The highest BCUT2D eigenvalue weighted by atomic mass is 19.4. The summed E-state index contributed by atoms with van der Waals surface area (Å²) in [7, 11) is 0. The van der Waals surface area contributed by atoms with E-state index in [2.05, 4.69) is 30.8 Å². The van der Waals surface area contributed by atoms with Crippen molar-refractivity contribution in [1.29, 1.82) is 0 Å². The summed E-state index contributed by atoms with van der Waals surface area (Å²) in [6.07, 6.45) is -0.736. The number of carbonyl (C=O) groups excluding carboxylic acids is 2. The maximum atomic E-state index is 14.0. The molecule has 1 aliphatic heterocycles. The molecule has 1 fully saturated rings. The Kier molecular flexibility index (Phi) is 11.2. The summed E-state index contributed by atoms with van der Waals surface area (Å²) in [5.41, 5.74) is 1.57. The Morgan fingerprint density at radius 2 is 1.69 bits per heavy atom. The third-order valence-corrected chi connectivity index (χ3v) is 7.47. The molecular weight excluding hydrogens is 551 g/mol. The van der Waals surface area contributed by atoms with Crippen molar-refractivity contribution < 1.29 is 37.4 Å². The summed E-state index contributed by atoms with van der Waals surface area (Å²) in [6.45, 7) is 7.72. The van der Waals surface area contributed by atoms with E-state index >= 15 is 0 Å². The number of nitrogens with zero attached hydrogens (tertiary/aromatic N) is 2. The first-order valence-electron chi connectivity index (χ1n) is 14.2.